The molecule has 0 bridgehead atoms. The summed E-state index contributed by atoms with van der Waals surface area (Å²) >= 11 is 3.42. The summed E-state index contributed by atoms with van der Waals surface area (Å²) < 4.78 is 12.4. The van der Waals surface area contributed by atoms with E-state index < -0.39 is 23.5 Å². The van der Waals surface area contributed by atoms with Crippen molar-refractivity contribution in [2.75, 3.05) is 13.2 Å². The third-order valence-electron chi connectivity index (χ3n) is 6.38. The number of aliphatic hydroxyl groups is 1. The Kier molecular flexibility index (Phi) is 5.85. The van der Waals surface area contributed by atoms with Gasteiger partial charge in [-0.1, -0.05) is 47.1 Å². The number of halogens is 1. The molecule has 33 heavy (non-hydrogen) atoms. The molecule has 1 aromatic heterocycles. The smallest absolute Gasteiger partial charge is 0.290 e. The highest BCUT2D eigenvalue weighted by atomic mass is 79.9. The minimum Gasteiger partial charge on any atom is -0.503 e. The minimum atomic E-state index is -0.708. The predicted molar refractivity (Wildman–Crippen MR) is 127 cm³/mol. The number of hydrogen-bond acceptors (Lipinski definition) is 5. The molecule has 2 aromatic carbocycles. The van der Waals surface area contributed by atoms with Gasteiger partial charge in [0.2, 0.25) is 5.78 Å². The maximum atomic E-state index is 13.6. The second-order valence-corrected chi connectivity index (χ2v) is 9.39. The zero-order chi connectivity index (χ0) is 23.1. The molecule has 3 heterocycles. The quantitative estimate of drug-likeness (QED) is 0.442. The van der Waals surface area contributed by atoms with Crippen molar-refractivity contribution in [2.24, 2.45) is 0 Å². The van der Waals surface area contributed by atoms with Crippen LogP contribution in [0, 0.1) is 0 Å². The molecule has 2 aliphatic rings. The van der Waals surface area contributed by atoms with Gasteiger partial charge < -0.3 is 19.2 Å². The van der Waals surface area contributed by atoms with E-state index in [1.807, 2.05) is 36.4 Å². The molecule has 2 aliphatic heterocycles. The van der Waals surface area contributed by atoms with Gasteiger partial charge in [0.05, 0.1) is 17.7 Å². The number of carbonyl (C=O) groups excluding carboxylic acids is 2. The normalized spacial score (nSPS) is 20.9. The van der Waals surface area contributed by atoms with Gasteiger partial charge in [-0.05, 0) is 54.7 Å². The lowest BCUT2D eigenvalue weighted by molar-refractivity contribution is -0.131. The lowest BCUT2D eigenvalue weighted by Crippen LogP contribution is -2.37. The zero-order valence-corrected chi connectivity index (χ0v) is 19.8. The summed E-state index contributed by atoms with van der Waals surface area (Å²) in [5, 5.41) is 11.6. The Morgan fingerprint density at radius 1 is 1.18 bits per heavy atom. The molecule has 1 saturated heterocycles. The van der Waals surface area contributed by atoms with Crippen LogP contribution in [0.5, 0.6) is 0 Å². The van der Waals surface area contributed by atoms with Crippen molar-refractivity contribution in [1.82, 2.24) is 4.90 Å². The number of aryl methyl sites for hydroxylation is 1. The Morgan fingerprint density at radius 2 is 1.97 bits per heavy atom. The van der Waals surface area contributed by atoms with Crippen molar-refractivity contribution in [2.45, 2.75) is 38.3 Å². The molecule has 0 spiro atoms. The van der Waals surface area contributed by atoms with Gasteiger partial charge in [0.1, 0.15) is 5.58 Å². The van der Waals surface area contributed by atoms with Crippen LogP contribution in [0.25, 0.3) is 11.0 Å². The number of furan rings is 1. The van der Waals surface area contributed by atoms with Crippen LogP contribution in [0.2, 0.25) is 0 Å². The van der Waals surface area contributed by atoms with E-state index >= 15 is 0 Å². The van der Waals surface area contributed by atoms with Crippen LogP contribution in [0.15, 0.2) is 68.8 Å². The summed E-state index contributed by atoms with van der Waals surface area (Å²) in [6.45, 7) is 3.04. The van der Waals surface area contributed by atoms with E-state index in [0.29, 0.717) is 18.7 Å². The van der Waals surface area contributed by atoms with Crippen LogP contribution >= 0.6 is 15.9 Å². The number of benzene rings is 2. The summed E-state index contributed by atoms with van der Waals surface area (Å²) in [7, 11) is 0. The van der Waals surface area contributed by atoms with Crippen LogP contribution in [-0.2, 0) is 16.0 Å². The first-order valence-corrected chi connectivity index (χ1v) is 11.9. The minimum absolute atomic E-state index is 0.0420. The molecular formula is C26H24BrNO5. The fraction of sp³-hybridized carbons (Fsp3) is 0.308. The van der Waals surface area contributed by atoms with Gasteiger partial charge in [-0.25, -0.2) is 0 Å². The van der Waals surface area contributed by atoms with Crippen LogP contribution in [-0.4, -0.2) is 41.0 Å². The van der Waals surface area contributed by atoms with E-state index in [1.165, 1.54) is 0 Å². The first-order chi connectivity index (χ1) is 16.0. The van der Waals surface area contributed by atoms with Crippen molar-refractivity contribution in [3.8, 4) is 0 Å². The number of amides is 1. The van der Waals surface area contributed by atoms with Crippen LogP contribution < -0.4 is 0 Å². The number of nitrogens with zero attached hydrogens (tertiary/aromatic N) is 1. The van der Waals surface area contributed by atoms with Gasteiger partial charge in [0.15, 0.2) is 11.5 Å². The molecule has 0 aliphatic carbocycles. The van der Waals surface area contributed by atoms with Gasteiger partial charge in [-0.3, -0.25) is 9.59 Å². The Hall–Kier alpha value is -2.90. The third-order valence-corrected chi connectivity index (χ3v) is 6.87. The number of fused-ring (bicyclic) bond motifs is 1. The van der Waals surface area contributed by atoms with E-state index in [1.54, 1.807) is 17.0 Å². The standard InChI is InChI=1S/C26H24BrNO5/c1-2-15-5-7-16(8-6-15)23-22(25(30)26(31)28(23)14-19-4-3-11-32-19)24(29)21-13-17-12-18(27)9-10-20(17)33-21/h5-10,12-13,19,23,30H,2-4,11,14H2,1H3. The van der Waals surface area contributed by atoms with E-state index in [-0.39, 0.29) is 17.4 Å². The Morgan fingerprint density at radius 3 is 2.67 bits per heavy atom. The molecule has 2 atom stereocenters. The molecule has 5 rings (SSSR count). The van der Waals surface area contributed by atoms with Crippen molar-refractivity contribution in [3.63, 3.8) is 0 Å². The van der Waals surface area contributed by atoms with Gasteiger partial charge in [0, 0.05) is 23.0 Å². The number of hydrogen-bond donors (Lipinski definition) is 1. The van der Waals surface area contributed by atoms with E-state index in [4.69, 9.17) is 9.15 Å². The average Bonchev–Trinajstić information content (AvgIpc) is 3.54. The van der Waals surface area contributed by atoms with Crippen molar-refractivity contribution < 1.29 is 23.8 Å². The predicted octanol–water partition coefficient (Wildman–Crippen LogP) is 5.52. The van der Waals surface area contributed by atoms with Crippen molar-refractivity contribution in [1.29, 1.82) is 0 Å². The molecule has 3 aromatic rings. The van der Waals surface area contributed by atoms with Crippen molar-refractivity contribution >= 4 is 38.6 Å². The zero-order valence-electron chi connectivity index (χ0n) is 18.2. The number of Topliss-reactive ketones (excluding diaryl/α,β-unsaturated/α-hetero) is 1. The van der Waals surface area contributed by atoms with E-state index in [2.05, 4.69) is 22.9 Å². The van der Waals surface area contributed by atoms with Gasteiger partial charge >= 0.3 is 0 Å². The first-order valence-electron chi connectivity index (χ1n) is 11.1. The number of carbonyl (C=O) groups is 2. The lowest BCUT2D eigenvalue weighted by atomic mass is 9.94. The van der Waals surface area contributed by atoms with Gasteiger partial charge in [0.25, 0.3) is 5.91 Å². The maximum Gasteiger partial charge on any atom is 0.290 e. The molecule has 1 fully saturated rings. The largest absolute Gasteiger partial charge is 0.503 e. The van der Waals surface area contributed by atoms with Crippen LogP contribution in [0.3, 0.4) is 0 Å². The Balaban J connectivity index is 1.56. The molecule has 1 N–H and O–H groups in total. The highest BCUT2D eigenvalue weighted by Gasteiger charge is 2.45. The van der Waals surface area contributed by atoms with Crippen molar-refractivity contribution in [3.05, 3.63) is 81.2 Å². The molecule has 0 radical (unpaired) electrons. The van der Waals surface area contributed by atoms with E-state index in [9.17, 15) is 14.7 Å². The van der Waals surface area contributed by atoms with Crippen LogP contribution in [0.1, 0.15) is 47.5 Å². The topological polar surface area (TPSA) is 80.0 Å². The number of ketones is 1. The molecule has 0 saturated carbocycles. The van der Waals surface area contributed by atoms with Gasteiger partial charge in [-0.15, -0.1) is 0 Å². The number of rotatable bonds is 6. The highest BCUT2D eigenvalue weighted by Crippen LogP contribution is 2.40. The SMILES string of the molecule is CCc1ccc(C2C(C(=O)c3cc4cc(Br)ccc4o3)=C(O)C(=O)N2CC2CCCO2)cc1. The maximum absolute atomic E-state index is 13.6. The summed E-state index contributed by atoms with van der Waals surface area (Å²) in [4.78, 5) is 28.3. The van der Waals surface area contributed by atoms with E-state index in [0.717, 1.165) is 40.2 Å². The average molecular weight is 510 g/mol. The molecule has 1 amide bonds. The summed E-state index contributed by atoms with van der Waals surface area (Å²) in [5.41, 5.74) is 2.52. The van der Waals surface area contributed by atoms with Crippen LogP contribution in [0.4, 0.5) is 0 Å². The molecule has 7 heteroatoms. The summed E-state index contributed by atoms with van der Waals surface area (Å²) in [6.07, 6.45) is 2.54. The Bertz CT molecular complexity index is 1250. The molecule has 170 valence electrons. The fourth-order valence-corrected chi connectivity index (χ4v) is 5.00. The molecular weight excluding hydrogens is 486 g/mol. The summed E-state index contributed by atoms with van der Waals surface area (Å²) in [6, 6.07) is 14.2. The monoisotopic (exact) mass is 509 g/mol. The molecule has 6 nitrogen and oxygen atoms in total. The lowest BCUT2D eigenvalue weighted by Gasteiger charge is -2.28. The first kappa shape index (κ1) is 21.9. The Labute approximate surface area is 200 Å². The number of ether oxygens (including phenoxy) is 1. The highest BCUT2D eigenvalue weighted by molar-refractivity contribution is 9.10. The second kappa shape index (κ2) is 8.80. The second-order valence-electron chi connectivity index (χ2n) is 8.47. The molecule has 2 unspecified atom stereocenters. The number of aliphatic hydroxyl groups excluding tert-OH is 1. The summed E-state index contributed by atoms with van der Waals surface area (Å²) in [5.74, 6) is -1.49. The fourth-order valence-electron chi connectivity index (χ4n) is 4.62. The van der Waals surface area contributed by atoms with Gasteiger partial charge in [-0.2, -0.15) is 0 Å². The third kappa shape index (κ3) is 4.00.